The van der Waals surface area contributed by atoms with Gasteiger partial charge in [0, 0.05) is 12.2 Å². The number of aliphatic hydroxyl groups excluding tert-OH is 1. The van der Waals surface area contributed by atoms with Crippen molar-refractivity contribution < 1.29 is 14.6 Å². The Morgan fingerprint density at radius 1 is 1.32 bits per heavy atom. The molecular weight excluding hydrogens is 242 g/mol. The third-order valence-corrected chi connectivity index (χ3v) is 2.67. The molecule has 1 rings (SSSR count). The molecule has 0 spiro atoms. The summed E-state index contributed by atoms with van der Waals surface area (Å²) in [6, 6.07) is 5.80. The molecule has 4 heteroatoms. The van der Waals surface area contributed by atoms with Gasteiger partial charge >= 0.3 is 0 Å². The van der Waals surface area contributed by atoms with Gasteiger partial charge in [-0.05, 0) is 51.5 Å². The summed E-state index contributed by atoms with van der Waals surface area (Å²) in [7, 11) is 1.65. The first-order valence-electron chi connectivity index (χ1n) is 6.52. The molecule has 1 atom stereocenters. The second kappa shape index (κ2) is 6.78. The van der Waals surface area contributed by atoms with Gasteiger partial charge in [0.15, 0.2) is 0 Å². The molecule has 19 heavy (non-hydrogen) atoms. The van der Waals surface area contributed by atoms with E-state index in [2.05, 4.69) is 5.32 Å². The highest BCUT2D eigenvalue weighted by atomic mass is 16.5. The zero-order valence-corrected chi connectivity index (χ0v) is 12.5. The third-order valence-electron chi connectivity index (χ3n) is 2.67. The monoisotopic (exact) mass is 267 g/mol. The number of rotatable bonds is 6. The maximum absolute atomic E-state index is 9.85. The van der Waals surface area contributed by atoms with E-state index in [0.717, 1.165) is 17.0 Å². The van der Waals surface area contributed by atoms with E-state index < -0.39 is 6.10 Å². The second-order valence-electron chi connectivity index (χ2n) is 5.64. The van der Waals surface area contributed by atoms with Crippen LogP contribution in [-0.4, -0.2) is 37.1 Å². The molecule has 0 aromatic heterocycles. The summed E-state index contributed by atoms with van der Waals surface area (Å²) in [5.74, 6) is 0.833. The molecule has 0 saturated heterocycles. The molecule has 0 bridgehead atoms. The number of hydrogen-bond donors (Lipinski definition) is 2. The fourth-order valence-electron chi connectivity index (χ4n) is 1.59. The van der Waals surface area contributed by atoms with Crippen molar-refractivity contribution in [2.45, 2.75) is 39.4 Å². The van der Waals surface area contributed by atoms with Crippen molar-refractivity contribution in [3.63, 3.8) is 0 Å². The number of ether oxygens (including phenoxy) is 2. The topological polar surface area (TPSA) is 50.7 Å². The van der Waals surface area contributed by atoms with Gasteiger partial charge < -0.3 is 19.9 Å². The van der Waals surface area contributed by atoms with Crippen LogP contribution in [0, 0.1) is 6.92 Å². The fourth-order valence-corrected chi connectivity index (χ4v) is 1.59. The zero-order chi connectivity index (χ0) is 14.5. The van der Waals surface area contributed by atoms with Crippen molar-refractivity contribution in [2.24, 2.45) is 0 Å². The Bertz CT molecular complexity index is 399. The largest absolute Gasteiger partial charge is 0.497 e. The molecule has 0 aliphatic carbocycles. The van der Waals surface area contributed by atoms with Crippen molar-refractivity contribution in [3.8, 4) is 5.75 Å². The van der Waals surface area contributed by atoms with E-state index in [1.807, 2.05) is 45.9 Å². The third kappa shape index (κ3) is 5.94. The molecule has 0 aliphatic rings. The smallest absolute Gasteiger partial charge is 0.119 e. The number of methoxy groups -OCH3 is 1. The van der Waals surface area contributed by atoms with Crippen molar-refractivity contribution in [3.05, 3.63) is 23.8 Å². The highest BCUT2D eigenvalue weighted by molar-refractivity contribution is 5.53. The highest BCUT2D eigenvalue weighted by Crippen LogP contribution is 2.20. The molecule has 1 aromatic carbocycles. The van der Waals surface area contributed by atoms with E-state index in [9.17, 15) is 5.11 Å². The molecule has 0 fully saturated rings. The summed E-state index contributed by atoms with van der Waals surface area (Å²) in [6.07, 6.45) is -0.527. The molecule has 0 radical (unpaired) electrons. The van der Waals surface area contributed by atoms with E-state index in [1.165, 1.54) is 0 Å². The minimum absolute atomic E-state index is 0.225. The van der Waals surface area contributed by atoms with Crippen molar-refractivity contribution in [1.29, 1.82) is 0 Å². The Hall–Kier alpha value is -1.26. The Morgan fingerprint density at radius 3 is 2.53 bits per heavy atom. The van der Waals surface area contributed by atoms with Crippen LogP contribution in [0.5, 0.6) is 5.75 Å². The summed E-state index contributed by atoms with van der Waals surface area (Å²) >= 11 is 0. The molecule has 2 N–H and O–H groups in total. The fraction of sp³-hybridized carbons (Fsp3) is 0.600. The summed E-state index contributed by atoms with van der Waals surface area (Å²) < 4.78 is 10.7. The predicted octanol–water partition coefficient (Wildman–Crippen LogP) is 2.59. The van der Waals surface area contributed by atoms with Crippen LogP contribution in [0.25, 0.3) is 0 Å². The lowest BCUT2D eigenvalue weighted by atomic mass is 10.2. The molecular formula is C15H25NO3. The molecule has 0 saturated carbocycles. The van der Waals surface area contributed by atoms with E-state index in [-0.39, 0.29) is 5.60 Å². The lowest BCUT2D eigenvalue weighted by Gasteiger charge is -2.22. The van der Waals surface area contributed by atoms with Crippen molar-refractivity contribution >= 4 is 5.69 Å². The number of aryl methyl sites for hydroxylation is 1. The average Bonchev–Trinajstić information content (AvgIpc) is 2.34. The van der Waals surface area contributed by atoms with Crippen LogP contribution < -0.4 is 10.1 Å². The minimum Gasteiger partial charge on any atom is -0.497 e. The Morgan fingerprint density at radius 2 is 2.00 bits per heavy atom. The standard InChI is InChI=1S/C15H25NO3/c1-11-8-13(18-5)6-7-14(11)16-9-12(17)10-19-15(2,3)4/h6-8,12,16-17H,9-10H2,1-5H3. The van der Waals surface area contributed by atoms with Crippen LogP contribution in [0.3, 0.4) is 0 Å². The lowest BCUT2D eigenvalue weighted by molar-refractivity contribution is -0.0449. The van der Waals surface area contributed by atoms with Crippen molar-refractivity contribution in [1.82, 2.24) is 0 Å². The van der Waals surface area contributed by atoms with Gasteiger partial charge in [-0.1, -0.05) is 0 Å². The van der Waals surface area contributed by atoms with Gasteiger partial charge in [-0.2, -0.15) is 0 Å². The zero-order valence-electron chi connectivity index (χ0n) is 12.5. The number of aliphatic hydroxyl groups is 1. The molecule has 4 nitrogen and oxygen atoms in total. The summed E-state index contributed by atoms with van der Waals surface area (Å²) in [6.45, 7) is 8.71. The predicted molar refractivity (Wildman–Crippen MR) is 77.9 cm³/mol. The lowest BCUT2D eigenvalue weighted by Crippen LogP contribution is -2.30. The molecule has 108 valence electrons. The van der Waals surface area contributed by atoms with Gasteiger partial charge in [-0.3, -0.25) is 0 Å². The summed E-state index contributed by atoms with van der Waals surface area (Å²) in [5.41, 5.74) is 1.86. The number of nitrogens with one attached hydrogen (secondary N) is 1. The van der Waals surface area contributed by atoms with E-state index in [4.69, 9.17) is 9.47 Å². The molecule has 1 unspecified atom stereocenters. The summed E-state index contributed by atoms with van der Waals surface area (Å²) in [5, 5.41) is 13.1. The van der Waals surface area contributed by atoms with E-state index in [0.29, 0.717) is 13.2 Å². The molecule has 1 aromatic rings. The Balaban J connectivity index is 2.44. The SMILES string of the molecule is COc1ccc(NCC(O)COC(C)(C)C)c(C)c1. The normalized spacial score (nSPS) is 13.2. The van der Waals surface area contributed by atoms with Gasteiger partial charge in [-0.15, -0.1) is 0 Å². The van der Waals surface area contributed by atoms with E-state index in [1.54, 1.807) is 7.11 Å². The van der Waals surface area contributed by atoms with Gasteiger partial charge in [-0.25, -0.2) is 0 Å². The first kappa shape index (κ1) is 15.8. The van der Waals surface area contributed by atoms with Crippen LogP contribution >= 0.6 is 0 Å². The number of anilines is 1. The van der Waals surface area contributed by atoms with Crippen LogP contribution in [0.15, 0.2) is 18.2 Å². The van der Waals surface area contributed by atoms with Gasteiger partial charge in [0.2, 0.25) is 0 Å². The molecule has 0 heterocycles. The van der Waals surface area contributed by atoms with Crippen LogP contribution in [0.2, 0.25) is 0 Å². The van der Waals surface area contributed by atoms with Crippen LogP contribution in [-0.2, 0) is 4.74 Å². The number of benzene rings is 1. The summed E-state index contributed by atoms with van der Waals surface area (Å²) in [4.78, 5) is 0. The second-order valence-corrected chi connectivity index (χ2v) is 5.64. The number of hydrogen-bond acceptors (Lipinski definition) is 4. The highest BCUT2D eigenvalue weighted by Gasteiger charge is 2.13. The Kier molecular flexibility index (Phi) is 5.63. The quantitative estimate of drug-likeness (QED) is 0.832. The Labute approximate surface area is 115 Å². The van der Waals surface area contributed by atoms with E-state index >= 15 is 0 Å². The molecule has 0 aliphatic heterocycles. The van der Waals surface area contributed by atoms with Gasteiger partial charge in [0.25, 0.3) is 0 Å². The van der Waals surface area contributed by atoms with Crippen LogP contribution in [0.1, 0.15) is 26.3 Å². The first-order chi connectivity index (χ1) is 8.81. The average molecular weight is 267 g/mol. The first-order valence-corrected chi connectivity index (χ1v) is 6.52. The van der Waals surface area contributed by atoms with Crippen molar-refractivity contribution in [2.75, 3.05) is 25.6 Å². The maximum Gasteiger partial charge on any atom is 0.119 e. The van der Waals surface area contributed by atoms with Crippen LogP contribution in [0.4, 0.5) is 5.69 Å². The van der Waals surface area contributed by atoms with Gasteiger partial charge in [0.05, 0.1) is 25.4 Å². The minimum atomic E-state index is -0.527. The van der Waals surface area contributed by atoms with Gasteiger partial charge in [0.1, 0.15) is 5.75 Å². The maximum atomic E-state index is 9.85. The molecule has 0 amide bonds.